The van der Waals surface area contributed by atoms with Gasteiger partial charge < -0.3 is 24.8 Å². The monoisotopic (exact) mass is 285 g/mol. The van der Waals surface area contributed by atoms with E-state index in [9.17, 15) is 25.4 Å². The highest BCUT2D eigenvalue weighted by atomic mass is 16.7. The van der Waals surface area contributed by atoms with Crippen molar-refractivity contribution in [3.63, 3.8) is 0 Å². The summed E-state index contributed by atoms with van der Waals surface area (Å²) in [5.41, 5.74) is -0.0914. The highest BCUT2D eigenvalue weighted by Gasteiger charge is 2.43. The maximum Gasteiger partial charge on any atom is 0.269 e. The van der Waals surface area contributed by atoms with Gasteiger partial charge in [-0.1, -0.05) is 0 Å². The van der Waals surface area contributed by atoms with Gasteiger partial charge in [-0.05, 0) is 19.1 Å². The van der Waals surface area contributed by atoms with E-state index in [-0.39, 0.29) is 11.4 Å². The van der Waals surface area contributed by atoms with Crippen LogP contribution in [-0.2, 0) is 4.74 Å². The Morgan fingerprint density at radius 3 is 2.30 bits per heavy atom. The zero-order chi connectivity index (χ0) is 14.9. The maximum atomic E-state index is 10.5. The third-order valence-electron chi connectivity index (χ3n) is 3.11. The van der Waals surface area contributed by atoms with Crippen molar-refractivity contribution >= 4 is 5.69 Å². The molecule has 8 nitrogen and oxygen atoms in total. The summed E-state index contributed by atoms with van der Waals surface area (Å²) < 4.78 is 10.6. The van der Waals surface area contributed by atoms with Crippen molar-refractivity contribution in [1.29, 1.82) is 0 Å². The minimum atomic E-state index is -1.42. The fourth-order valence-electron chi connectivity index (χ4n) is 1.89. The molecule has 2 rings (SSSR count). The number of nitro benzene ring substituents is 1. The van der Waals surface area contributed by atoms with Crippen LogP contribution in [0.5, 0.6) is 5.75 Å². The lowest BCUT2D eigenvalue weighted by Gasteiger charge is -2.38. The Hall–Kier alpha value is -1.74. The fourth-order valence-corrected chi connectivity index (χ4v) is 1.89. The molecule has 0 aliphatic carbocycles. The molecule has 1 saturated heterocycles. The second-order valence-corrected chi connectivity index (χ2v) is 4.55. The molecule has 1 aromatic carbocycles. The van der Waals surface area contributed by atoms with E-state index in [2.05, 4.69) is 0 Å². The SMILES string of the molecule is C[C@@H]1O[C@H](Oc2ccc([N+](=O)[O-])cc2)[C@H](O)[C@@H](O)[C@H]1O. The lowest BCUT2D eigenvalue weighted by molar-refractivity contribution is -0.384. The number of hydrogen-bond donors (Lipinski definition) is 3. The van der Waals surface area contributed by atoms with Gasteiger partial charge in [0.2, 0.25) is 6.29 Å². The van der Waals surface area contributed by atoms with Crippen molar-refractivity contribution in [2.75, 3.05) is 0 Å². The summed E-state index contributed by atoms with van der Waals surface area (Å²) in [6.07, 6.45) is -5.89. The molecule has 0 aromatic heterocycles. The van der Waals surface area contributed by atoms with Crippen LogP contribution in [-0.4, -0.2) is 50.9 Å². The molecular weight excluding hydrogens is 270 g/mol. The zero-order valence-corrected chi connectivity index (χ0v) is 10.6. The summed E-state index contributed by atoms with van der Waals surface area (Å²) in [5, 5.41) is 39.4. The molecule has 1 aliphatic heterocycles. The molecule has 8 heteroatoms. The molecule has 0 bridgehead atoms. The third kappa shape index (κ3) is 2.88. The summed E-state index contributed by atoms with van der Waals surface area (Å²) in [5.74, 6) is 0.246. The molecule has 1 aliphatic rings. The van der Waals surface area contributed by atoms with Gasteiger partial charge in [0.05, 0.1) is 11.0 Å². The molecule has 20 heavy (non-hydrogen) atoms. The second-order valence-electron chi connectivity index (χ2n) is 4.55. The normalized spacial score (nSPS) is 33.7. The number of nitro groups is 1. The standard InChI is InChI=1S/C12H15NO7/c1-6-9(14)10(15)11(16)12(19-6)20-8-4-2-7(3-5-8)13(17)18/h2-6,9-12,14-16H,1H3/t6-,9-,10-,11+,12+/m0/s1. The number of non-ortho nitro benzene ring substituents is 1. The van der Waals surface area contributed by atoms with Crippen LogP contribution >= 0.6 is 0 Å². The molecule has 0 spiro atoms. The maximum absolute atomic E-state index is 10.5. The second kappa shape index (κ2) is 5.71. The number of hydrogen-bond acceptors (Lipinski definition) is 7. The Labute approximate surface area is 114 Å². The average molecular weight is 285 g/mol. The van der Waals surface area contributed by atoms with Crippen molar-refractivity contribution in [2.45, 2.75) is 37.6 Å². The Morgan fingerprint density at radius 2 is 1.75 bits per heavy atom. The van der Waals surface area contributed by atoms with Crippen molar-refractivity contribution in [3.05, 3.63) is 34.4 Å². The van der Waals surface area contributed by atoms with Gasteiger partial charge in [-0.2, -0.15) is 0 Å². The first-order valence-electron chi connectivity index (χ1n) is 6.01. The van der Waals surface area contributed by atoms with Crippen LogP contribution in [0.4, 0.5) is 5.69 Å². The van der Waals surface area contributed by atoms with E-state index < -0.39 is 35.6 Å². The van der Waals surface area contributed by atoms with E-state index in [1.807, 2.05) is 0 Å². The Balaban J connectivity index is 2.07. The molecule has 1 heterocycles. The van der Waals surface area contributed by atoms with Crippen LogP contribution in [0.1, 0.15) is 6.92 Å². The lowest BCUT2D eigenvalue weighted by Crippen LogP contribution is -2.58. The predicted molar refractivity (Wildman–Crippen MR) is 66.1 cm³/mol. The molecule has 1 aromatic rings. The summed E-state index contributed by atoms with van der Waals surface area (Å²) in [6, 6.07) is 5.21. The van der Waals surface area contributed by atoms with Crippen molar-refractivity contribution < 1.29 is 29.7 Å². The molecule has 0 amide bonds. The summed E-state index contributed by atoms with van der Waals surface area (Å²) in [4.78, 5) is 9.97. The largest absolute Gasteiger partial charge is 0.462 e. The summed E-state index contributed by atoms with van der Waals surface area (Å²) in [6.45, 7) is 1.53. The van der Waals surface area contributed by atoms with E-state index in [1.54, 1.807) is 0 Å². The minimum absolute atomic E-state index is 0.0914. The van der Waals surface area contributed by atoms with Gasteiger partial charge in [-0.25, -0.2) is 0 Å². The highest BCUT2D eigenvalue weighted by molar-refractivity contribution is 5.36. The quantitative estimate of drug-likeness (QED) is 0.519. The summed E-state index contributed by atoms with van der Waals surface area (Å²) in [7, 11) is 0. The first kappa shape index (κ1) is 14.7. The molecule has 0 saturated carbocycles. The van der Waals surface area contributed by atoms with E-state index in [1.165, 1.54) is 31.2 Å². The first-order chi connectivity index (χ1) is 9.40. The zero-order valence-electron chi connectivity index (χ0n) is 10.6. The number of aliphatic hydroxyl groups is 3. The van der Waals surface area contributed by atoms with Crippen molar-refractivity contribution in [2.24, 2.45) is 0 Å². The molecule has 0 unspecified atom stereocenters. The number of benzene rings is 1. The molecule has 0 radical (unpaired) electrons. The lowest BCUT2D eigenvalue weighted by atomic mass is 10.00. The van der Waals surface area contributed by atoms with Gasteiger partial charge >= 0.3 is 0 Å². The van der Waals surface area contributed by atoms with E-state index in [0.717, 1.165) is 0 Å². The topological polar surface area (TPSA) is 122 Å². The number of nitrogens with zero attached hydrogens (tertiary/aromatic N) is 1. The molecule has 110 valence electrons. The van der Waals surface area contributed by atoms with Gasteiger partial charge in [0, 0.05) is 12.1 Å². The van der Waals surface area contributed by atoms with E-state index >= 15 is 0 Å². The van der Waals surface area contributed by atoms with Gasteiger partial charge in [0.25, 0.3) is 5.69 Å². The van der Waals surface area contributed by atoms with Crippen molar-refractivity contribution in [1.82, 2.24) is 0 Å². The first-order valence-corrected chi connectivity index (χ1v) is 6.01. The average Bonchev–Trinajstić information content (AvgIpc) is 2.43. The molecule has 3 N–H and O–H groups in total. The summed E-state index contributed by atoms with van der Waals surface area (Å²) >= 11 is 0. The molecule has 5 atom stereocenters. The molecular formula is C12H15NO7. The third-order valence-corrected chi connectivity index (χ3v) is 3.11. The Bertz CT molecular complexity index is 477. The Kier molecular flexibility index (Phi) is 4.19. The van der Waals surface area contributed by atoms with Gasteiger partial charge in [0.1, 0.15) is 24.1 Å². The van der Waals surface area contributed by atoms with E-state index in [4.69, 9.17) is 9.47 Å². The number of rotatable bonds is 3. The number of aliphatic hydroxyl groups excluding tert-OH is 3. The van der Waals surface area contributed by atoms with Crippen LogP contribution in [0.2, 0.25) is 0 Å². The van der Waals surface area contributed by atoms with Crippen LogP contribution in [0, 0.1) is 10.1 Å². The fraction of sp³-hybridized carbons (Fsp3) is 0.500. The van der Waals surface area contributed by atoms with Gasteiger partial charge in [0.15, 0.2) is 0 Å². The van der Waals surface area contributed by atoms with Crippen molar-refractivity contribution in [3.8, 4) is 5.75 Å². The van der Waals surface area contributed by atoms with Crippen LogP contribution in [0.3, 0.4) is 0 Å². The Morgan fingerprint density at radius 1 is 1.15 bits per heavy atom. The smallest absolute Gasteiger partial charge is 0.269 e. The van der Waals surface area contributed by atoms with Crippen LogP contribution in [0.25, 0.3) is 0 Å². The van der Waals surface area contributed by atoms with E-state index in [0.29, 0.717) is 0 Å². The van der Waals surface area contributed by atoms with Gasteiger partial charge in [-0.15, -0.1) is 0 Å². The van der Waals surface area contributed by atoms with Crippen LogP contribution in [0.15, 0.2) is 24.3 Å². The minimum Gasteiger partial charge on any atom is -0.462 e. The van der Waals surface area contributed by atoms with Crippen LogP contribution < -0.4 is 4.74 Å². The van der Waals surface area contributed by atoms with Gasteiger partial charge in [-0.3, -0.25) is 10.1 Å². The number of ether oxygens (including phenoxy) is 2. The molecule has 1 fully saturated rings. The highest BCUT2D eigenvalue weighted by Crippen LogP contribution is 2.25. The predicted octanol–water partition coefficient (Wildman–Crippen LogP) is -0.199.